The van der Waals surface area contributed by atoms with Crippen LogP contribution in [-0.4, -0.2) is 34.3 Å². The molecule has 0 amide bonds. The van der Waals surface area contributed by atoms with Crippen molar-refractivity contribution in [3.8, 4) is 22.6 Å². The van der Waals surface area contributed by atoms with Crippen molar-refractivity contribution in [2.24, 2.45) is 0 Å². The van der Waals surface area contributed by atoms with E-state index >= 15 is 0 Å². The van der Waals surface area contributed by atoms with Gasteiger partial charge in [0.05, 0.1) is 12.3 Å². The summed E-state index contributed by atoms with van der Waals surface area (Å²) in [7, 11) is 0. The Morgan fingerprint density at radius 3 is 2.50 bits per heavy atom. The molecule has 0 saturated carbocycles. The van der Waals surface area contributed by atoms with Gasteiger partial charge >= 0.3 is 5.97 Å². The van der Waals surface area contributed by atoms with E-state index in [-0.39, 0.29) is 5.95 Å². The number of ether oxygens (including phenoxy) is 2. The van der Waals surface area contributed by atoms with Gasteiger partial charge in [-0.3, -0.25) is 0 Å². The number of carboxylic acids is 1. The fraction of sp³-hybridized carbons (Fsp3) is 0.190. The van der Waals surface area contributed by atoms with Crippen LogP contribution >= 0.6 is 11.6 Å². The maximum atomic E-state index is 10.6. The molecular formula is C21H21ClN4O4. The monoisotopic (exact) mass is 428 g/mol. The fourth-order valence-electron chi connectivity index (χ4n) is 2.91. The van der Waals surface area contributed by atoms with Gasteiger partial charge in [0, 0.05) is 16.7 Å². The van der Waals surface area contributed by atoms with E-state index in [9.17, 15) is 4.79 Å². The number of benzene rings is 2. The molecule has 2 aromatic carbocycles. The number of aryl methyl sites for hydroxylation is 1. The van der Waals surface area contributed by atoms with Crippen LogP contribution in [0, 0.1) is 0 Å². The van der Waals surface area contributed by atoms with Crippen molar-refractivity contribution in [3.63, 3.8) is 0 Å². The molecule has 0 saturated heterocycles. The van der Waals surface area contributed by atoms with Crippen molar-refractivity contribution in [2.45, 2.75) is 12.8 Å². The molecule has 0 radical (unpaired) electrons. The lowest BCUT2D eigenvalue weighted by molar-refractivity contribution is -0.139. The second-order valence-corrected chi connectivity index (χ2v) is 6.84. The van der Waals surface area contributed by atoms with Crippen LogP contribution in [0.5, 0.6) is 11.5 Å². The summed E-state index contributed by atoms with van der Waals surface area (Å²) in [5, 5.41) is 9.28. The highest BCUT2D eigenvalue weighted by Crippen LogP contribution is 2.30. The first kappa shape index (κ1) is 21.2. The highest BCUT2D eigenvalue weighted by atomic mass is 35.5. The molecule has 9 heteroatoms. The van der Waals surface area contributed by atoms with Gasteiger partial charge in [0.2, 0.25) is 5.95 Å². The maximum absolute atomic E-state index is 10.6. The first-order valence-corrected chi connectivity index (χ1v) is 9.55. The number of carboxylic acid groups (broad SMARTS) is 1. The Labute approximate surface area is 178 Å². The molecule has 1 heterocycles. The average molecular weight is 429 g/mol. The van der Waals surface area contributed by atoms with Crippen molar-refractivity contribution >= 4 is 29.3 Å². The number of nitrogen functional groups attached to an aromatic ring is 2. The van der Waals surface area contributed by atoms with E-state index in [0.29, 0.717) is 53.0 Å². The van der Waals surface area contributed by atoms with Crippen LogP contribution in [0.2, 0.25) is 5.02 Å². The van der Waals surface area contributed by atoms with Gasteiger partial charge in [-0.05, 0) is 42.7 Å². The van der Waals surface area contributed by atoms with Gasteiger partial charge in [0.1, 0.15) is 17.3 Å². The number of nitrogens with two attached hydrogens (primary N) is 2. The number of aliphatic carboxylic acids is 1. The lowest BCUT2D eigenvalue weighted by atomic mass is 10.0. The minimum absolute atomic E-state index is 0.109. The lowest BCUT2D eigenvalue weighted by Gasteiger charge is -2.13. The summed E-state index contributed by atoms with van der Waals surface area (Å²) < 4.78 is 10.9. The molecule has 0 fully saturated rings. The third kappa shape index (κ3) is 5.74. The molecular weight excluding hydrogens is 408 g/mol. The smallest absolute Gasteiger partial charge is 0.341 e. The average Bonchev–Trinajstić information content (AvgIpc) is 2.69. The van der Waals surface area contributed by atoms with E-state index in [0.717, 1.165) is 5.56 Å². The zero-order valence-electron chi connectivity index (χ0n) is 16.0. The molecule has 0 atom stereocenters. The number of carbonyl (C=O) groups is 1. The summed E-state index contributed by atoms with van der Waals surface area (Å²) in [4.78, 5) is 19.0. The van der Waals surface area contributed by atoms with Crippen molar-refractivity contribution in [3.05, 3.63) is 59.2 Å². The number of nitrogens with zero attached hydrogens (tertiary/aromatic N) is 2. The topological polar surface area (TPSA) is 134 Å². The zero-order chi connectivity index (χ0) is 21.5. The van der Waals surface area contributed by atoms with E-state index in [1.165, 1.54) is 0 Å². The Balaban J connectivity index is 1.65. The Morgan fingerprint density at radius 2 is 1.77 bits per heavy atom. The summed E-state index contributed by atoms with van der Waals surface area (Å²) in [6.07, 6.45) is 1.21. The Bertz CT molecular complexity index is 1050. The van der Waals surface area contributed by atoms with Gasteiger partial charge in [0.15, 0.2) is 6.61 Å². The second kappa shape index (κ2) is 9.80. The highest BCUT2D eigenvalue weighted by molar-refractivity contribution is 6.30. The molecule has 0 aliphatic carbocycles. The van der Waals surface area contributed by atoms with Gasteiger partial charge < -0.3 is 26.0 Å². The van der Waals surface area contributed by atoms with E-state index in [1.807, 2.05) is 12.1 Å². The summed E-state index contributed by atoms with van der Waals surface area (Å²) in [6.45, 7) is -0.00648. The molecule has 8 nitrogen and oxygen atoms in total. The SMILES string of the molecule is Nc1nc(N)c(-c2cccc(Cl)c2)c(CCCOc2cccc(OCC(=O)O)c2)n1. The number of halogens is 1. The Morgan fingerprint density at radius 1 is 1.03 bits per heavy atom. The van der Waals surface area contributed by atoms with Crippen molar-refractivity contribution in [1.29, 1.82) is 0 Å². The maximum Gasteiger partial charge on any atom is 0.341 e. The van der Waals surface area contributed by atoms with Gasteiger partial charge in [-0.15, -0.1) is 0 Å². The van der Waals surface area contributed by atoms with Crippen LogP contribution in [0.4, 0.5) is 11.8 Å². The predicted octanol–water partition coefficient (Wildman–Crippen LogP) is 3.44. The third-order valence-electron chi connectivity index (χ3n) is 4.14. The number of hydrogen-bond acceptors (Lipinski definition) is 7. The molecule has 156 valence electrons. The van der Waals surface area contributed by atoms with Gasteiger partial charge in [-0.25, -0.2) is 9.78 Å². The highest BCUT2D eigenvalue weighted by Gasteiger charge is 2.14. The molecule has 30 heavy (non-hydrogen) atoms. The van der Waals surface area contributed by atoms with E-state index in [2.05, 4.69) is 9.97 Å². The number of rotatable bonds is 9. The molecule has 1 aromatic heterocycles. The molecule has 0 unspecified atom stereocenters. The van der Waals surface area contributed by atoms with E-state index in [4.69, 9.17) is 37.6 Å². The van der Waals surface area contributed by atoms with Crippen LogP contribution < -0.4 is 20.9 Å². The summed E-state index contributed by atoms with van der Waals surface area (Å²) in [6, 6.07) is 14.1. The largest absolute Gasteiger partial charge is 0.493 e. The van der Waals surface area contributed by atoms with E-state index in [1.54, 1.807) is 36.4 Å². The number of hydrogen-bond donors (Lipinski definition) is 3. The fourth-order valence-corrected chi connectivity index (χ4v) is 3.10. The minimum Gasteiger partial charge on any atom is -0.493 e. The number of anilines is 2. The van der Waals surface area contributed by atoms with Gasteiger partial charge in [0.25, 0.3) is 0 Å². The Hall–Kier alpha value is -3.52. The molecule has 0 aliphatic rings. The molecule has 5 N–H and O–H groups in total. The van der Waals surface area contributed by atoms with Crippen LogP contribution in [-0.2, 0) is 11.2 Å². The van der Waals surface area contributed by atoms with Crippen molar-refractivity contribution < 1.29 is 19.4 Å². The van der Waals surface area contributed by atoms with Crippen molar-refractivity contribution in [2.75, 3.05) is 24.7 Å². The van der Waals surface area contributed by atoms with Crippen LogP contribution in [0.25, 0.3) is 11.1 Å². The Kier molecular flexibility index (Phi) is 6.92. The van der Waals surface area contributed by atoms with Gasteiger partial charge in [-0.1, -0.05) is 29.8 Å². The summed E-state index contributed by atoms with van der Waals surface area (Å²) >= 11 is 6.11. The first-order chi connectivity index (χ1) is 14.4. The normalized spacial score (nSPS) is 10.6. The first-order valence-electron chi connectivity index (χ1n) is 9.17. The predicted molar refractivity (Wildman–Crippen MR) is 115 cm³/mol. The molecule has 0 spiro atoms. The summed E-state index contributed by atoms with van der Waals surface area (Å²) in [5.41, 5.74) is 14.1. The number of aromatic nitrogens is 2. The van der Waals surface area contributed by atoms with Gasteiger partial charge in [-0.2, -0.15) is 4.98 Å². The zero-order valence-corrected chi connectivity index (χ0v) is 16.8. The third-order valence-corrected chi connectivity index (χ3v) is 4.37. The quantitative estimate of drug-likeness (QED) is 0.441. The van der Waals surface area contributed by atoms with Crippen LogP contribution in [0.15, 0.2) is 48.5 Å². The van der Waals surface area contributed by atoms with Crippen LogP contribution in [0.1, 0.15) is 12.1 Å². The standard InChI is InChI=1S/C21H21ClN4O4/c22-14-5-1-4-13(10-14)19-17(25-21(24)26-20(19)23)8-3-9-29-15-6-2-7-16(11-15)30-12-18(27)28/h1-2,4-7,10-11H,3,8-9,12H2,(H,27,28)(H4,23,24,25,26). The lowest BCUT2D eigenvalue weighted by Crippen LogP contribution is -2.09. The van der Waals surface area contributed by atoms with E-state index < -0.39 is 12.6 Å². The molecule has 0 aliphatic heterocycles. The second-order valence-electron chi connectivity index (χ2n) is 6.41. The molecule has 3 rings (SSSR count). The molecule has 0 bridgehead atoms. The molecule has 3 aromatic rings. The summed E-state index contributed by atoms with van der Waals surface area (Å²) in [5.74, 6) is 0.367. The van der Waals surface area contributed by atoms with Crippen LogP contribution in [0.3, 0.4) is 0 Å². The minimum atomic E-state index is -1.04. The van der Waals surface area contributed by atoms with Crippen molar-refractivity contribution in [1.82, 2.24) is 9.97 Å².